The molecule has 1 N–H and O–H groups in total. The van der Waals surface area contributed by atoms with E-state index in [2.05, 4.69) is 17.1 Å². The zero-order chi connectivity index (χ0) is 13.5. The molecule has 0 spiro atoms. The Bertz CT molecular complexity index is 477. The average molecular weight is 293 g/mol. The molecule has 2 aliphatic heterocycles. The maximum atomic E-state index is 5.93. The zero-order valence-corrected chi connectivity index (χ0v) is 12.9. The lowest BCUT2D eigenvalue weighted by Crippen LogP contribution is -2.42. The molecule has 1 aliphatic carbocycles. The van der Waals surface area contributed by atoms with Gasteiger partial charge in [0.15, 0.2) is 5.13 Å². The summed E-state index contributed by atoms with van der Waals surface area (Å²) in [5.74, 6) is 0. The first-order valence-electron chi connectivity index (χ1n) is 7.97. The average Bonchev–Trinajstić information content (AvgIpc) is 3.03. The molecule has 3 atom stereocenters. The summed E-state index contributed by atoms with van der Waals surface area (Å²) in [4.78, 5) is 8.92. The van der Waals surface area contributed by atoms with Gasteiger partial charge in [-0.1, -0.05) is 18.3 Å². The minimum atomic E-state index is 0.444. The van der Waals surface area contributed by atoms with Crippen LogP contribution in [0.3, 0.4) is 0 Å². The molecule has 1 aromatic rings. The van der Waals surface area contributed by atoms with Crippen molar-refractivity contribution in [3.8, 4) is 0 Å². The lowest BCUT2D eigenvalue weighted by molar-refractivity contribution is 0.0305. The Hall–Kier alpha value is -0.650. The Morgan fingerprint density at radius 1 is 1.30 bits per heavy atom. The van der Waals surface area contributed by atoms with E-state index in [-0.39, 0.29) is 0 Å². The molecule has 5 heteroatoms. The number of anilines is 1. The molecule has 3 aliphatic rings. The summed E-state index contributed by atoms with van der Waals surface area (Å²) in [7, 11) is 0. The Kier molecular flexibility index (Phi) is 3.44. The zero-order valence-electron chi connectivity index (χ0n) is 12.1. The van der Waals surface area contributed by atoms with E-state index in [0.717, 1.165) is 26.1 Å². The summed E-state index contributed by atoms with van der Waals surface area (Å²) in [6.45, 7) is 5.30. The van der Waals surface area contributed by atoms with Crippen molar-refractivity contribution in [2.45, 2.75) is 57.3 Å². The van der Waals surface area contributed by atoms with Crippen LogP contribution < -0.4 is 10.2 Å². The van der Waals surface area contributed by atoms with Gasteiger partial charge in [0.05, 0.1) is 17.9 Å². The van der Waals surface area contributed by atoms with Gasteiger partial charge in [-0.05, 0) is 38.6 Å². The summed E-state index contributed by atoms with van der Waals surface area (Å²) in [6, 6.07) is 0.535. The predicted molar refractivity (Wildman–Crippen MR) is 81.6 cm³/mol. The van der Waals surface area contributed by atoms with Crippen LogP contribution in [-0.4, -0.2) is 36.8 Å². The fourth-order valence-corrected chi connectivity index (χ4v) is 4.99. The maximum Gasteiger partial charge on any atom is 0.186 e. The summed E-state index contributed by atoms with van der Waals surface area (Å²) in [5, 5.41) is 4.85. The van der Waals surface area contributed by atoms with Gasteiger partial charge in [-0.2, -0.15) is 0 Å². The van der Waals surface area contributed by atoms with E-state index in [1.54, 1.807) is 0 Å². The number of nitrogens with one attached hydrogen (secondary N) is 1. The second kappa shape index (κ2) is 5.28. The Balaban J connectivity index is 1.57. The molecule has 0 saturated carbocycles. The highest BCUT2D eigenvalue weighted by molar-refractivity contribution is 7.15. The van der Waals surface area contributed by atoms with Gasteiger partial charge in [0.1, 0.15) is 0 Å². The van der Waals surface area contributed by atoms with Crippen molar-refractivity contribution < 1.29 is 4.74 Å². The fraction of sp³-hybridized carbons (Fsp3) is 0.800. The van der Waals surface area contributed by atoms with Gasteiger partial charge >= 0.3 is 0 Å². The topological polar surface area (TPSA) is 37.4 Å². The van der Waals surface area contributed by atoms with Crippen molar-refractivity contribution in [2.24, 2.45) is 0 Å². The van der Waals surface area contributed by atoms with Crippen molar-refractivity contribution in [3.63, 3.8) is 0 Å². The van der Waals surface area contributed by atoms with E-state index in [9.17, 15) is 0 Å². The predicted octanol–water partition coefficient (Wildman–Crippen LogP) is 2.50. The summed E-state index contributed by atoms with van der Waals surface area (Å²) in [5.41, 5.74) is 1.35. The van der Waals surface area contributed by atoms with Crippen LogP contribution in [0.25, 0.3) is 0 Å². The Labute approximate surface area is 124 Å². The van der Waals surface area contributed by atoms with Crippen LogP contribution in [0.2, 0.25) is 0 Å². The smallest absolute Gasteiger partial charge is 0.186 e. The Morgan fingerprint density at radius 2 is 2.10 bits per heavy atom. The van der Waals surface area contributed by atoms with Crippen LogP contribution in [0.4, 0.5) is 5.13 Å². The van der Waals surface area contributed by atoms with Crippen molar-refractivity contribution in [1.82, 2.24) is 10.3 Å². The summed E-state index contributed by atoms with van der Waals surface area (Å²) < 4.78 is 5.93. The molecule has 4 rings (SSSR count). The largest absolute Gasteiger partial charge is 0.371 e. The standard InChI is InChI=1S/C15H23N3OS/c1-2-16-12-4-3-5-13-14(12)20-15(17-13)18-8-10-6-7-11(9-18)19-10/h10-12,16H,2-9H2,1H3. The minimum absolute atomic E-state index is 0.444. The number of thiazole rings is 1. The molecular formula is C15H23N3OS. The van der Waals surface area contributed by atoms with Gasteiger partial charge in [0.2, 0.25) is 0 Å². The number of hydrogen-bond acceptors (Lipinski definition) is 5. The first kappa shape index (κ1) is 13.0. The molecule has 110 valence electrons. The third kappa shape index (κ3) is 2.26. The van der Waals surface area contributed by atoms with Gasteiger partial charge in [0.25, 0.3) is 0 Å². The van der Waals surface area contributed by atoms with Gasteiger partial charge in [-0.25, -0.2) is 4.98 Å². The molecule has 4 nitrogen and oxygen atoms in total. The van der Waals surface area contributed by atoms with Crippen LogP contribution in [0.1, 0.15) is 49.2 Å². The van der Waals surface area contributed by atoms with Crippen LogP contribution in [0, 0.1) is 0 Å². The molecular weight excluding hydrogens is 270 g/mol. The fourth-order valence-electron chi connectivity index (χ4n) is 3.75. The minimum Gasteiger partial charge on any atom is -0.371 e. The molecule has 20 heavy (non-hydrogen) atoms. The number of aryl methyl sites for hydroxylation is 1. The highest BCUT2D eigenvalue weighted by Crippen LogP contribution is 2.39. The van der Waals surface area contributed by atoms with E-state index < -0.39 is 0 Å². The number of ether oxygens (including phenoxy) is 1. The van der Waals surface area contributed by atoms with Crippen molar-refractivity contribution >= 4 is 16.5 Å². The SMILES string of the molecule is CCNC1CCCc2nc(N3CC4CCC(C3)O4)sc21. The lowest BCUT2D eigenvalue weighted by atomic mass is 9.98. The number of aromatic nitrogens is 1. The van der Waals surface area contributed by atoms with Gasteiger partial charge in [0, 0.05) is 24.0 Å². The molecule has 2 fully saturated rings. The normalized spacial score (nSPS) is 32.5. The van der Waals surface area contributed by atoms with E-state index in [4.69, 9.17) is 9.72 Å². The number of nitrogens with zero attached hydrogens (tertiary/aromatic N) is 2. The lowest BCUT2D eigenvalue weighted by Gasteiger charge is -2.31. The molecule has 0 aromatic carbocycles. The van der Waals surface area contributed by atoms with E-state index >= 15 is 0 Å². The van der Waals surface area contributed by atoms with Gasteiger partial charge in [-0.15, -0.1) is 0 Å². The molecule has 2 saturated heterocycles. The summed E-state index contributed by atoms with van der Waals surface area (Å²) in [6.07, 6.45) is 7.03. The van der Waals surface area contributed by atoms with Crippen LogP contribution in [0.15, 0.2) is 0 Å². The van der Waals surface area contributed by atoms with Crippen LogP contribution >= 0.6 is 11.3 Å². The molecule has 1 aromatic heterocycles. The molecule has 3 heterocycles. The van der Waals surface area contributed by atoms with Crippen molar-refractivity contribution in [1.29, 1.82) is 0 Å². The monoisotopic (exact) mass is 293 g/mol. The maximum absolute atomic E-state index is 5.93. The van der Waals surface area contributed by atoms with E-state index in [1.165, 1.54) is 41.4 Å². The second-order valence-corrected chi connectivity index (χ2v) is 7.18. The third-order valence-corrected chi connectivity index (χ3v) is 5.98. The second-order valence-electron chi connectivity index (χ2n) is 6.17. The van der Waals surface area contributed by atoms with Crippen LogP contribution in [-0.2, 0) is 11.2 Å². The molecule has 3 unspecified atom stereocenters. The third-order valence-electron chi connectivity index (χ3n) is 4.70. The molecule has 0 radical (unpaired) electrons. The highest BCUT2D eigenvalue weighted by Gasteiger charge is 2.35. The number of hydrogen-bond donors (Lipinski definition) is 1. The van der Waals surface area contributed by atoms with E-state index in [1.807, 2.05) is 11.3 Å². The van der Waals surface area contributed by atoms with Crippen LogP contribution in [0.5, 0.6) is 0 Å². The number of rotatable bonds is 3. The van der Waals surface area contributed by atoms with Gasteiger partial charge < -0.3 is 15.0 Å². The summed E-state index contributed by atoms with van der Waals surface area (Å²) >= 11 is 1.92. The van der Waals surface area contributed by atoms with E-state index in [0.29, 0.717) is 18.2 Å². The highest BCUT2D eigenvalue weighted by atomic mass is 32.1. The number of fused-ring (bicyclic) bond motifs is 3. The van der Waals surface area contributed by atoms with Crippen molar-refractivity contribution in [3.05, 3.63) is 10.6 Å². The number of morpholine rings is 1. The van der Waals surface area contributed by atoms with Gasteiger partial charge in [-0.3, -0.25) is 0 Å². The Morgan fingerprint density at radius 3 is 2.85 bits per heavy atom. The van der Waals surface area contributed by atoms with Crippen molar-refractivity contribution in [2.75, 3.05) is 24.5 Å². The first-order chi connectivity index (χ1) is 9.83. The molecule has 2 bridgehead atoms. The molecule has 0 amide bonds. The first-order valence-corrected chi connectivity index (χ1v) is 8.78. The quantitative estimate of drug-likeness (QED) is 0.929.